The second-order valence-electron chi connectivity index (χ2n) is 6.85. The predicted molar refractivity (Wildman–Crippen MR) is 114 cm³/mol. The van der Waals surface area contributed by atoms with Crippen LogP contribution in [-0.2, 0) is 9.59 Å². The van der Waals surface area contributed by atoms with Crippen LogP contribution in [0.4, 0.5) is 11.4 Å². The summed E-state index contributed by atoms with van der Waals surface area (Å²) in [6.07, 6.45) is 0. The molecule has 3 aromatic rings. The van der Waals surface area contributed by atoms with Gasteiger partial charge in [0.1, 0.15) is 0 Å². The first kappa shape index (κ1) is 20.1. The molecular formula is C23H22N4O2. The number of carbonyl (C=O) groups is 2. The molecular weight excluding hydrogens is 364 g/mol. The first-order chi connectivity index (χ1) is 14.0. The Hall–Kier alpha value is -3.69. The number of nitrogens with zero attached hydrogens (tertiary/aromatic N) is 2. The fraction of sp³-hybridized carbons (Fsp3) is 0.174. The fourth-order valence-corrected chi connectivity index (χ4v) is 3.00. The molecule has 2 N–H and O–H groups in total. The monoisotopic (exact) mass is 386 g/mol. The molecule has 2 amide bonds. The number of benzene rings is 3. The standard InChI is InChI=1S/C23H22N4O2/c1-16(23(29)25-19-10-5-7-17(13-19)14-24)27(2)15-22(28)26-21-12-6-9-18-8-3-4-11-20(18)21/h3-13,16H,15H2,1-2H3,(H,25,29)(H,26,28). The molecule has 0 fully saturated rings. The molecule has 0 aliphatic rings. The smallest absolute Gasteiger partial charge is 0.241 e. The number of hydrogen-bond donors (Lipinski definition) is 2. The summed E-state index contributed by atoms with van der Waals surface area (Å²) in [7, 11) is 1.72. The molecule has 0 saturated heterocycles. The molecule has 6 nitrogen and oxygen atoms in total. The predicted octanol–water partition coefficient (Wildman–Crippen LogP) is 3.61. The van der Waals surface area contributed by atoms with Gasteiger partial charge in [0.05, 0.1) is 24.2 Å². The Labute approximate surface area is 169 Å². The lowest BCUT2D eigenvalue weighted by atomic mass is 10.1. The molecule has 0 spiro atoms. The van der Waals surface area contributed by atoms with Gasteiger partial charge in [0.2, 0.25) is 11.8 Å². The summed E-state index contributed by atoms with van der Waals surface area (Å²) in [6, 6.07) is 21.8. The molecule has 6 heteroatoms. The van der Waals surface area contributed by atoms with Crippen molar-refractivity contribution in [3.63, 3.8) is 0 Å². The highest BCUT2D eigenvalue weighted by molar-refractivity contribution is 6.03. The zero-order valence-corrected chi connectivity index (χ0v) is 16.3. The summed E-state index contributed by atoms with van der Waals surface area (Å²) < 4.78 is 0. The minimum atomic E-state index is -0.529. The first-order valence-electron chi connectivity index (χ1n) is 9.27. The van der Waals surface area contributed by atoms with Crippen LogP contribution >= 0.6 is 0 Å². The van der Waals surface area contributed by atoms with Gasteiger partial charge in [-0.3, -0.25) is 14.5 Å². The maximum absolute atomic E-state index is 12.5. The van der Waals surface area contributed by atoms with Crippen LogP contribution in [0.15, 0.2) is 66.7 Å². The fourth-order valence-electron chi connectivity index (χ4n) is 3.00. The summed E-state index contributed by atoms with van der Waals surface area (Å²) in [5.74, 6) is -0.449. The highest BCUT2D eigenvalue weighted by Crippen LogP contribution is 2.22. The van der Waals surface area contributed by atoms with E-state index < -0.39 is 6.04 Å². The molecule has 0 aromatic heterocycles. The van der Waals surface area contributed by atoms with E-state index >= 15 is 0 Å². The van der Waals surface area contributed by atoms with Crippen molar-refractivity contribution in [3.8, 4) is 6.07 Å². The third kappa shape index (κ3) is 4.98. The van der Waals surface area contributed by atoms with E-state index in [4.69, 9.17) is 5.26 Å². The number of carbonyl (C=O) groups excluding carboxylic acids is 2. The Morgan fingerprint density at radius 2 is 1.76 bits per heavy atom. The quantitative estimate of drug-likeness (QED) is 0.678. The van der Waals surface area contributed by atoms with Gasteiger partial charge in [-0.25, -0.2) is 0 Å². The number of nitrogens with one attached hydrogen (secondary N) is 2. The van der Waals surface area contributed by atoms with E-state index in [0.29, 0.717) is 11.3 Å². The van der Waals surface area contributed by atoms with Gasteiger partial charge in [-0.2, -0.15) is 5.26 Å². The number of hydrogen-bond acceptors (Lipinski definition) is 4. The van der Waals surface area contributed by atoms with E-state index in [-0.39, 0.29) is 18.4 Å². The van der Waals surface area contributed by atoms with Gasteiger partial charge in [-0.15, -0.1) is 0 Å². The minimum absolute atomic E-state index is 0.0655. The summed E-state index contributed by atoms with van der Waals surface area (Å²) in [5, 5.41) is 16.7. The zero-order chi connectivity index (χ0) is 20.8. The van der Waals surface area contributed by atoms with E-state index in [1.807, 2.05) is 48.5 Å². The van der Waals surface area contributed by atoms with Crippen LogP contribution in [0.1, 0.15) is 12.5 Å². The minimum Gasteiger partial charge on any atom is -0.325 e. The van der Waals surface area contributed by atoms with E-state index in [1.165, 1.54) is 0 Å². The van der Waals surface area contributed by atoms with Crippen molar-refractivity contribution in [2.24, 2.45) is 0 Å². The van der Waals surface area contributed by atoms with Crippen molar-refractivity contribution in [3.05, 3.63) is 72.3 Å². The third-order valence-electron chi connectivity index (χ3n) is 4.76. The average molecular weight is 386 g/mol. The molecule has 0 bridgehead atoms. The van der Waals surface area contributed by atoms with Crippen LogP contribution in [-0.4, -0.2) is 36.3 Å². The number of rotatable bonds is 6. The molecule has 0 aliphatic carbocycles. The zero-order valence-electron chi connectivity index (χ0n) is 16.3. The van der Waals surface area contributed by atoms with Crippen molar-refractivity contribution in [1.29, 1.82) is 5.26 Å². The van der Waals surface area contributed by atoms with Gasteiger partial charge in [-0.1, -0.05) is 42.5 Å². The molecule has 3 rings (SSSR count). The van der Waals surface area contributed by atoms with Crippen molar-refractivity contribution in [1.82, 2.24) is 4.90 Å². The lowest BCUT2D eigenvalue weighted by Crippen LogP contribution is -2.43. The van der Waals surface area contributed by atoms with Crippen molar-refractivity contribution < 1.29 is 9.59 Å². The van der Waals surface area contributed by atoms with Crippen LogP contribution in [0.3, 0.4) is 0 Å². The van der Waals surface area contributed by atoms with E-state index in [2.05, 4.69) is 10.6 Å². The molecule has 0 saturated carbocycles. The van der Waals surface area contributed by atoms with Gasteiger partial charge < -0.3 is 10.6 Å². The summed E-state index contributed by atoms with van der Waals surface area (Å²) in [6.45, 7) is 1.80. The molecule has 3 aromatic carbocycles. The SMILES string of the molecule is CC(C(=O)Nc1cccc(C#N)c1)N(C)CC(=O)Nc1cccc2ccccc12. The van der Waals surface area contributed by atoms with Crippen LogP contribution in [0, 0.1) is 11.3 Å². The summed E-state index contributed by atoms with van der Waals surface area (Å²) in [5.41, 5.74) is 1.76. The average Bonchev–Trinajstić information content (AvgIpc) is 2.73. The topological polar surface area (TPSA) is 85.2 Å². The van der Waals surface area contributed by atoms with Gasteiger partial charge >= 0.3 is 0 Å². The Kier molecular flexibility index (Phi) is 6.22. The molecule has 0 heterocycles. The Balaban J connectivity index is 1.61. The second-order valence-corrected chi connectivity index (χ2v) is 6.85. The Morgan fingerprint density at radius 1 is 1.03 bits per heavy atom. The third-order valence-corrected chi connectivity index (χ3v) is 4.76. The summed E-state index contributed by atoms with van der Waals surface area (Å²) >= 11 is 0. The van der Waals surface area contributed by atoms with Crippen molar-refractivity contribution in [2.45, 2.75) is 13.0 Å². The van der Waals surface area contributed by atoms with Crippen LogP contribution in [0.5, 0.6) is 0 Å². The summed E-state index contributed by atoms with van der Waals surface area (Å²) in [4.78, 5) is 26.7. The molecule has 1 unspecified atom stereocenters. The molecule has 1 atom stereocenters. The number of anilines is 2. The van der Waals surface area contributed by atoms with Crippen molar-refractivity contribution in [2.75, 3.05) is 24.2 Å². The molecule has 146 valence electrons. The van der Waals surface area contributed by atoms with Crippen LogP contribution in [0.25, 0.3) is 10.8 Å². The highest BCUT2D eigenvalue weighted by atomic mass is 16.2. The first-order valence-corrected chi connectivity index (χ1v) is 9.27. The Bertz CT molecular complexity index is 1080. The molecule has 0 radical (unpaired) electrons. The van der Waals surface area contributed by atoms with E-state index in [0.717, 1.165) is 16.5 Å². The van der Waals surface area contributed by atoms with Gasteiger partial charge in [-0.05, 0) is 43.6 Å². The number of nitriles is 1. The van der Waals surface area contributed by atoms with Crippen LogP contribution in [0.2, 0.25) is 0 Å². The number of fused-ring (bicyclic) bond motifs is 1. The largest absolute Gasteiger partial charge is 0.325 e. The van der Waals surface area contributed by atoms with E-state index in [9.17, 15) is 9.59 Å². The maximum Gasteiger partial charge on any atom is 0.241 e. The Morgan fingerprint density at radius 3 is 2.55 bits per heavy atom. The maximum atomic E-state index is 12.5. The lowest BCUT2D eigenvalue weighted by Gasteiger charge is -2.23. The van der Waals surface area contributed by atoms with E-state index in [1.54, 1.807) is 43.1 Å². The normalized spacial score (nSPS) is 11.7. The highest BCUT2D eigenvalue weighted by Gasteiger charge is 2.20. The number of amides is 2. The number of likely N-dealkylation sites (N-methyl/N-ethyl adjacent to an activating group) is 1. The molecule has 29 heavy (non-hydrogen) atoms. The van der Waals surface area contributed by atoms with Gasteiger partial charge in [0, 0.05) is 16.8 Å². The van der Waals surface area contributed by atoms with Gasteiger partial charge in [0.25, 0.3) is 0 Å². The molecule has 0 aliphatic heterocycles. The van der Waals surface area contributed by atoms with Crippen LogP contribution < -0.4 is 10.6 Å². The second kappa shape index (κ2) is 9.00. The van der Waals surface area contributed by atoms with Gasteiger partial charge in [0.15, 0.2) is 0 Å². The van der Waals surface area contributed by atoms with Crippen molar-refractivity contribution >= 4 is 34.0 Å². The lowest BCUT2D eigenvalue weighted by molar-refractivity contribution is -0.122.